The third-order valence-corrected chi connectivity index (χ3v) is 2.76. The zero-order valence-electron chi connectivity index (χ0n) is 9.97. The minimum Gasteiger partial charge on any atom is -0.398 e. The highest BCUT2D eigenvalue weighted by Gasteiger charge is 2.13. The van der Waals surface area contributed by atoms with Gasteiger partial charge in [0.25, 0.3) is 5.91 Å². The van der Waals surface area contributed by atoms with E-state index in [4.69, 9.17) is 16.7 Å². The third-order valence-electron chi connectivity index (χ3n) is 2.76. The van der Waals surface area contributed by atoms with Crippen molar-refractivity contribution in [1.82, 2.24) is 0 Å². The third kappa shape index (κ3) is 2.88. The Hall–Kier alpha value is -2.22. The Morgan fingerprint density at radius 3 is 2.76 bits per heavy atom. The van der Waals surface area contributed by atoms with E-state index in [0.717, 1.165) is 5.69 Å². The standard InChI is InChI=1S/C12H16N4O/c1-8(5-6-13)16(2)9-3-4-11(14)10(7-9)12(15)17/h3-4,7-8H,5,14H2,1-2H3,(H2,15,17). The van der Waals surface area contributed by atoms with E-state index >= 15 is 0 Å². The Kier molecular flexibility index (Phi) is 3.94. The fraction of sp³-hybridized carbons (Fsp3) is 0.333. The maximum atomic E-state index is 11.2. The summed E-state index contributed by atoms with van der Waals surface area (Å²) < 4.78 is 0. The van der Waals surface area contributed by atoms with Gasteiger partial charge in [-0.05, 0) is 25.1 Å². The first-order chi connectivity index (χ1) is 7.97. The number of nitrogens with two attached hydrogens (primary N) is 2. The molecule has 90 valence electrons. The van der Waals surface area contributed by atoms with Crippen molar-refractivity contribution in [2.24, 2.45) is 5.73 Å². The maximum absolute atomic E-state index is 11.2. The Morgan fingerprint density at radius 1 is 1.59 bits per heavy atom. The van der Waals surface area contributed by atoms with Crippen molar-refractivity contribution >= 4 is 17.3 Å². The second-order valence-corrected chi connectivity index (χ2v) is 3.96. The number of hydrogen-bond donors (Lipinski definition) is 2. The second kappa shape index (κ2) is 5.21. The van der Waals surface area contributed by atoms with Gasteiger partial charge in [-0.1, -0.05) is 0 Å². The summed E-state index contributed by atoms with van der Waals surface area (Å²) in [7, 11) is 1.86. The number of primary amides is 1. The highest BCUT2D eigenvalue weighted by atomic mass is 16.1. The summed E-state index contributed by atoms with van der Waals surface area (Å²) in [6.07, 6.45) is 0.410. The van der Waals surface area contributed by atoms with Gasteiger partial charge in [-0.3, -0.25) is 4.79 Å². The predicted molar refractivity (Wildman–Crippen MR) is 67.5 cm³/mol. The van der Waals surface area contributed by atoms with Gasteiger partial charge in [-0.15, -0.1) is 0 Å². The van der Waals surface area contributed by atoms with Crippen molar-refractivity contribution in [3.63, 3.8) is 0 Å². The molecule has 0 radical (unpaired) electrons. The molecule has 0 bridgehead atoms. The number of nitrogens with zero attached hydrogens (tertiary/aromatic N) is 2. The van der Waals surface area contributed by atoms with Gasteiger partial charge in [0.15, 0.2) is 0 Å². The normalized spacial score (nSPS) is 11.6. The van der Waals surface area contributed by atoms with Gasteiger partial charge in [0.2, 0.25) is 0 Å². The van der Waals surface area contributed by atoms with Crippen LogP contribution in [0, 0.1) is 11.3 Å². The molecule has 0 spiro atoms. The van der Waals surface area contributed by atoms with Crippen LogP contribution in [0.1, 0.15) is 23.7 Å². The molecule has 5 heteroatoms. The highest BCUT2D eigenvalue weighted by Crippen LogP contribution is 2.22. The number of amides is 1. The van der Waals surface area contributed by atoms with E-state index in [-0.39, 0.29) is 6.04 Å². The lowest BCUT2D eigenvalue weighted by Gasteiger charge is -2.25. The number of carbonyl (C=O) groups is 1. The van der Waals surface area contributed by atoms with Crippen LogP contribution in [0.3, 0.4) is 0 Å². The van der Waals surface area contributed by atoms with E-state index in [1.54, 1.807) is 18.2 Å². The molecule has 0 fully saturated rings. The van der Waals surface area contributed by atoms with Crippen molar-refractivity contribution in [1.29, 1.82) is 5.26 Å². The molecule has 0 aliphatic rings. The predicted octanol–water partition coefficient (Wildman–Crippen LogP) is 1.11. The van der Waals surface area contributed by atoms with Crippen LogP contribution < -0.4 is 16.4 Å². The Balaban J connectivity index is 3.04. The summed E-state index contributed by atoms with van der Waals surface area (Å²) in [5, 5.41) is 8.65. The van der Waals surface area contributed by atoms with E-state index in [2.05, 4.69) is 6.07 Å². The molecule has 0 saturated heterocycles. The van der Waals surface area contributed by atoms with E-state index in [9.17, 15) is 4.79 Å². The average Bonchev–Trinajstić information content (AvgIpc) is 2.28. The van der Waals surface area contributed by atoms with E-state index in [1.165, 1.54) is 0 Å². The summed E-state index contributed by atoms with van der Waals surface area (Å²) in [6, 6.07) is 7.26. The summed E-state index contributed by atoms with van der Waals surface area (Å²) in [4.78, 5) is 13.1. The van der Waals surface area contributed by atoms with E-state index < -0.39 is 5.91 Å². The topological polar surface area (TPSA) is 96.1 Å². The molecule has 1 unspecified atom stereocenters. The largest absolute Gasteiger partial charge is 0.398 e. The van der Waals surface area contributed by atoms with Crippen molar-refractivity contribution in [3.05, 3.63) is 23.8 Å². The van der Waals surface area contributed by atoms with Crippen LogP contribution in [0.15, 0.2) is 18.2 Å². The molecule has 1 aromatic rings. The number of nitriles is 1. The molecule has 0 aliphatic heterocycles. The number of carbonyl (C=O) groups excluding carboxylic acids is 1. The van der Waals surface area contributed by atoms with E-state index in [0.29, 0.717) is 17.7 Å². The number of anilines is 2. The van der Waals surface area contributed by atoms with Crippen molar-refractivity contribution in [2.45, 2.75) is 19.4 Å². The van der Waals surface area contributed by atoms with Crippen LogP contribution >= 0.6 is 0 Å². The fourth-order valence-electron chi connectivity index (χ4n) is 1.50. The van der Waals surface area contributed by atoms with Gasteiger partial charge in [-0.25, -0.2) is 0 Å². The SMILES string of the molecule is CC(CC#N)N(C)c1ccc(N)c(C(N)=O)c1. The van der Waals surface area contributed by atoms with Gasteiger partial charge in [0, 0.05) is 24.5 Å². The van der Waals surface area contributed by atoms with Gasteiger partial charge < -0.3 is 16.4 Å². The number of hydrogen-bond acceptors (Lipinski definition) is 4. The zero-order valence-corrected chi connectivity index (χ0v) is 9.97. The average molecular weight is 232 g/mol. The van der Waals surface area contributed by atoms with Crippen LogP contribution in [-0.2, 0) is 0 Å². The van der Waals surface area contributed by atoms with Gasteiger partial charge >= 0.3 is 0 Å². The minimum atomic E-state index is -0.550. The minimum absolute atomic E-state index is 0.0596. The molecule has 5 nitrogen and oxygen atoms in total. The molecule has 0 saturated carbocycles. The first-order valence-electron chi connectivity index (χ1n) is 5.26. The molecule has 0 heterocycles. The molecule has 0 aromatic heterocycles. The molecule has 1 amide bonds. The Morgan fingerprint density at radius 2 is 2.24 bits per heavy atom. The van der Waals surface area contributed by atoms with Crippen LogP contribution in [-0.4, -0.2) is 19.0 Å². The molecule has 1 atom stereocenters. The van der Waals surface area contributed by atoms with Gasteiger partial charge in [0.05, 0.1) is 18.1 Å². The lowest BCUT2D eigenvalue weighted by Crippen LogP contribution is -2.28. The van der Waals surface area contributed by atoms with Crippen molar-refractivity contribution in [3.8, 4) is 6.07 Å². The Labute approximate surface area is 101 Å². The molecule has 0 aliphatic carbocycles. The van der Waals surface area contributed by atoms with Crippen LogP contribution in [0.2, 0.25) is 0 Å². The summed E-state index contributed by atoms with van der Waals surface area (Å²) in [5.41, 5.74) is 12.4. The van der Waals surface area contributed by atoms with Crippen LogP contribution in [0.25, 0.3) is 0 Å². The molecule has 17 heavy (non-hydrogen) atoms. The number of nitrogen functional groups attached to an aromatic ring is 1. The lowest BCUT2D eigenvalue weighted by molar-refractivity contribution is 0.100. The van der Waals surface area contributed by atoms with Gasteiger partial charge in [0.1, 0.15) is 0 Å². The number of benzene rings is 1. The second-order valence-electron chi connectivity index (χ2n) is 3.96. The van der Waals surface area contributed by atoms with Crippen LogP contribution in [0.5, 0.6) is 0 Å². The zero-order chi connectivity index (χ0) is 13.0. The Bertz CT molecular complexity index is 464. The van der Waals surface area contributed by atoms with Crippen molar-refractivity contribution < 1.29 is 4.79 Å². The first kappa shape index (κ1) is 12.8. The van der Waals surface area contributed by atoms with Crippen LogP contribution in [0.4, 0.5) is 11.4 Å². The summed E-state index contributed by atoms with van der Waals surface area (Å²) in [6.45, 7) is 1.93. The van der Waals surface area contributed by atoms with Gasteiger partial charge in [-0.2, -0.15) is 5.26 Å². The quantitative estimate of drug-likeness (QED) is 0.760. The molecular formula is C12H16N4O. The summed E-state index contributed by atoms with van der Waals surface area (Å²) >= 11 is 0. The number of rotatable bonds is 4. The molecule has 1 aromatic carbocycles. The first-order valence-corrected chi connectivity index (χ1v) is 5.26. The summed E-state index contributed by atoms with van der Waals surface area (Å²) in [5.74, 6) is -0.550. The molecule has 4 N–H and O–H groups in total. The molecule has 1 rings (SSSR count). The smallest absolute Gasteiger partial charge is 0.250 e. The monoisotopic (exact) mass is 232 g/mol. The lowest BCUT2D eigenvalue weighted by atomic mass is 10.1. The maximum Gasteiger partial charge on any atom is 0.250 e. The fourth-order valence-corrected chi connectivity index (χ4v) is 1.50. The molecular weight excluding hydrogens is 216 g/mol. The van der Waals surface area contributed by atoms with E-state index in [1.807, 2.05) is 18.9 Å². The van der Waals surface area contributed by atoms with Crippen molar-refractivity contribution in [2.75, 3.05) is 17.7 Å². The highest BCUT2D eigenvalue weighted by molar-refractivity contribution is 5.99.